The maximum atomic E-state index is 13.3. The van der Waals surface area contributed by atoms with Gasteiger partial charge in [-0.1, -0.05) is 6.07 Å². The van der Waals surface area contributed by atoms with Gasteiger partial charge >= 0.3 is 0 Å². The van der Waals surface area contributed by atoms with E-state index in [1.807, 2.05) is 29.2 Å². The molecule has 1 aromatic carbocycles. The Morgan fingerprint density at radius 3 is 2.41 bits per heavy atom. The number of anilines is 1. The monoisotopic (exact) mass is 396 g/mol. The Morgan fingerprint density at radius 2 is 1.79 bits per heavy atom. The summed E-state index contributed by atoms with van der Waals surface area (Å²) in [6, 6.07) is 7.67. The number of nitrogens with one attached hydrogen (secondary N) is 1. The third kappa shape index (κ3) is 3.30. The third-order valence-corrected chi connectivity index (χ3v) is 5.24. The lowest BCUT2D eigenvalue weighted by Crippen LogP contribution is -2.49. The van der Waals surface area contributed by atoms with Gasteiger partial charge in [-0.2, -0.15) is 0 Å². The second kappa shape index (κ2) is 7.90. The molecule has 0 radical (unpaired) electrons. The Labute approximate surface area is 169 Å². The summed E-state index contributed by atoms with van der Waals surface area (Å²) in [7, 11) is 4.68. The molecule has 0 saturated carbocycles. The predicted molar refractivity (Wildman–Crippen MR) is 110 cm³/mol. The van der Waals surface area contributed by atoms with E-state index in [4.69, 9.17) is 14.2 Å². The number of methoxy groups -OCH3 is 3. The van der Waals surface area contributed by atoms with Gasteiger partial charge < -0.3 is 29.0 Å². The molecule has 8 heteroatoms. The lowest BCUT2D eigenvalue weighted by atomic mass is 10.1. The zero-order valence-corrected chi connectivity index (χ0v) is 16.8. The average Bonchev–Trinajstić information content (AvgIpc) is 3.21. The zero-order chi connectivity index (χ0) is 20.4. The quantitative estimate of drug-likeness (QED) is 0.714. The summed E-state index contributed by atoms with van der Waals surface area (Å²) in [6.07, 6.45) is 3.51. The highest BCUT2D eigenvalue weighted by atomic mass is 16.5. The molecule has 2 aromatic heterocycles. The number of aromatic nitrogens is 2. The minimum absolute atomic E-state index is 0.0394. The number of ether oxygens (including phenoxy) is 3. The molecule has 0 bridgehead atoms. The number of fused-ring (bicyclic) bond motifs is 1. The van der Waals surface area contributed by atoms with Gasteiger partial charge in [-0.05, 0) is 12.1 Å². The number of nitrogens with zero attached hydrogens (tertiary/aromatic N) is 3. The molecule has 1 fully saturated rings. The second-order valence-corrected chi connectivity index (χ2v) is 6.74. The van der Waals surface area contributed by atoms with Crippen LogP contribution in [-0.4, -0.2) is 68.3 Å². The fourth-order valence-electron chi connectivity index (χ4n) is 3.78. The van der Waals surface area contributed by atoms with E-state index >= 15 is 0 Å². The van der Waals surface area contributed by atoms with Gasteiger partial charge in [0.25, 0.3) is 5.91 Å². The first-order valence-electron chi connectivity index (χ1n) is 9.43. The number of carbonyl (C=O) groups excluding carboxylic acids is 1. The Morgan fingerprint density at radius 1 is 1.03 bits per heavy atom. The molecule has 29 heavy (non-hydrogen) atoms. The Hall–Kier alpha value is -3.42. The van der Waals surface area contributed by atoms with Crippen molar-refractivity contribution in [1.82, 2.24) is 14.9 Å². The molecule has 1 saturated heterocycles. The Balaban J connectivity index is 1.61. The molecule has 152 valence electrons. The number of piperazine rings is 1. The summed E-state index contributed by atoms with van der Waals surface area (Å²) in [6.45, 7) is 2.72. The molecule has 3 heterocycles. The molecule has 1 aliphatic rings. The summed E-state index contributed by atoms with van der Waals surface area (Å²) in [5.41, 5.74) is 1.32. The minimum atomic E-state index is -0.0394. The molecule has 1 N–H and O–H groups in total. The second-order valence-electron chi connectivity index (χ2n) is 6.74. The van der Waals surface area contributed by atoms with Crippen LogP contribution in [0.2, 0.25) is 0 Å². The van der Waals surface area contributed by atoms with E-state index in [-0.39, 0.29) is 5.91 Å². The summed E-state index contributed by atoms with van der Waals surface area (Å²) in [5, 5.41) is 0.697. The number of carbonyl (C=O) groups is 1. The molecule has 0 aliphatic carbocycles. The Bertz CT molecular complexity index is 1010. The summed E-state index contributed by atoms with van der Waals surface area (Å²) < 4.78 is 16.5. The topological polar surface area (TPSA) is 79.9 Å². The third-order valence-electron chi connectivity index (χ3n) is 5.24. The highest BCUT2D eigenvalue weighted by Crippen LogP contribution is 2.44. The van der Waals surface area contributed by atoms with Gasteiger partial charge in [0, 0.05) is 44.6 Å². The number of rotatable bonds is 5. The zero-order valence-electron chi connectivity index (χ0n) is 16.8. The smallest absolute Gasteiger partial charge is 0.256 e. The van der Waals surface area contributed by atoms with Crippen molar-refractivity contribution >= 4 is 22.6 Å². The van der Waals surface area contributed by atoms with Crippen molar-refractivity contribution < 1.29 is 19.0 Å². The molecule has 0 spiro atoms. The number of hydrogen-bond acceptors (Lipinski definition) is 6. The molecule has 0 atom stereocenters. The largest absolute Gasteiger partial charge is 0.493 e. The van der Waals surface area contributed by atoms with Gasteiger partial charge in [-0.3, -0.25) is 4.79 Å². The molecule has 3 aromatic rings. The first-order chi connectivity index (χ1) is 14.2. The number of hydrogen-bond donors (Lipinski definition) is 1. The van der Waals surface area contributed by atoms with Gasteiger partial charge in [0.2, 0.25) is 5.75 Å². The van der Waals surface area contributed by atoms with Crippen molar-refractivity contribution in [2.75, 3.05) is 52.4 Å². The maximum Gasteiger partial charge on any atom is 0.256 e. The SMILES string of the molecule is COc1cc2[nH]cc(C(=O)N3CCN(c4ccccn4)CC3)c2c(OC)c1OC. The first kappa shape index (κ1) is 18.9. The number of aromatic amines is 1. The Kier molecular flexibility index (Phi) is 5.16. The van der Waals surface area contributed by atoms with Crippen LogP contribution in [0.3, 0.4) is 0 Å². The summed E-state index contributed by atoms with van der Waals surface area (Å²) in [5.74, 6) is 2.39. The van der Waals surface area contributed by atoms with Crippen LogP contribution in [0, 0.1) is 0 Å². The van der Waals surface area contributed by atoms with Crippen LogP contribution in [0.25, 0.3) is 10.9 Å². The van der Waals surface area contributed by atoms with Gasteiger partial charge in [0.15, 0.2) is 11.5 Å². The highest BCUT2D eigenvalue weighted by Gasteiger charge is 2.28. The first-order valence-corrected chi connectivity index (χ1v) is 9.43. The van der Waals surface area contributed by atoms with E-state index in [0.717, 1.165) is 24.4 Å². The number of amides is 1. The van der Waals surface area contributed by atoms with Crippen LogP contribution in [0.15, 0.2) is 36.7 Å². The molecule has 1 aliphatic heterocycles. The molecule has 8 nitrogen and oxygen atoms in total. The van der Waals surface area contributed by atoms with Gasteiger partial charge in [0.05, 0.1) is 37.8 Å². The molecule has 1 amide bonds. The van der Waals surface area contributed by atoms with E-state index in [1.54, 1.807) is 33.7 Å². The van der Waals surface area contributed by atoms with Crippen molar-refractivity contribution in [3.63, 3.8) is 0 Å². The van der Waals surface area contributed by atoms with Crippen molar-refractivity contribution in [3.8, 4) is 17.2 Å². The van der Waals surface area contributed by atoms with E-state index < -0.39 is 0 Å². The summed E-state index contributed by atoms with van der Waals surface area (Å²) in [4.78, 5) is 24.9. The van der Waals surface area contributed by atoms with Gasteiger partial charge in [-0.25, -0.2) is 4.98 Å². The number of benzene rings is 1. The fourth-order valence-corrected chi connectivity index (χ4v) is 3.78. The summed E-state index contributed by atoms with van der Waals surface area (Å²) >= 11 is 0. The van der Waals surface area contributed by atoms with Crippen LogP contribution in [-0.2, 0) is 0 Å². The van der Waals surface area contributed by atoms with Crippen LogP contribution in [0.1, 0.15) is 10.4 Å². The molecular weight excluding hydrogens is 372 g/mol. The van der Waals surface area contributed by atoms with E-state index in [9.17, 15) is 4.79 Å². The minimum Gasteiger partial charge on any atom is -0.493 e. The maximum absolute atomic E-state index is 13.3. The molecular formula is C21H24N4O4. The predicted octanol–water partition coefficient (Wildman–Crippen LogP) is 2.55. The number of H-pyrrole nitrogens is 1. The molecule has 4 rings (SSSR count). The molecule has 0 unspecified atom stereocenters. The number of pyridine rings is 1. The van der Waals surface area contributed by atoms with Crippen LogP contribution in [0.4, 0.5) is 5.82 Å². The van der Waals surface area contributed by atoms with Crippen molar-refractivity contribution in [2.45, 2.75) is 0 Å². The van der Waals surface area contributed by atoms with Crippen LogP contribution in [0.5, 0.6) is 17.2 Å². The van der Waals surface area contributed by atoms with Gasteiger partial charge in [0.1, 0.15) is 5.82 Å². The van der Waals surface area contributed by atoms with Crippen molar-refractivity contribution in [2.24, 2.45) is 0 Å². The highest BCUT2D eigenvalue weighted by molar-refractivity contribution is 6.10. The average molecular weight is 396 g/mol. The van der Waals surface area contributed by atoms with E-state index in [2.05, 4.69) is 14.9 Å². The van der Waals surface area contributed by atoms with Crippen LogP contribution >= 0.6 is 0 Å². The van der Waals surface area contributed by atoms with E-state index in [0.29, 0.717) is 41.3 Å². The van der Waals surface area contributed by atoms with E-state index in [1.165, 1.54) is 0 Å². The fraction of sp³-hybridized carbons (Fsp3) is 0.333. The standard InChI is InChI=1S/C21H24N4O4/c1-27-16-12-15-18(20(29-3)19(16)28-2)14(13-23-15)21(26)25-10-8-24(9-11-25)17-6-4-5-7-22-17/h4-7,12-13,23H,8-11H2,1-3H3. The van der Waals surface area contributed by atoms with Crippen LogP contribution < -0.4 is 19.1 Å². The van der Waals surface area contributed by atoms with Crippen molar-refractivity contribution in [1.29, 1.82) is 0 Å². The van der Waals surface area contributed by atoms with Crippen molar-refractivity contribution in [3.05, 3.63) is 42.2 Å². The van der Waals surface area contributed by atoms with Gasteiger partial charge in [-0.15, -0.1) is 0 Å². The lowest BCUT2D eigenvalue weighted by molar-refractivity contribution is 0.0748. The normalized spacial score (nSPS) is 14.2. The lowest BCUT2D eigenvalue weighted by Gasteiger charge is -2.35.